The zero-order valence-corrected chi connectivity index (χ0v) is 13.5. The maximum Gasteiger partial charge on any atom is 0.0700 e. The molecule has 0 radical (unpaired) electrons. The minimum atomic E-state index is -0.529. The third kappa shape index (κ3) is 9.91. The van der Waals surface area contributed by atoms with E-state index >= 15 is 0 Å². The highest BCUT2D eigenvalue weighted by Crippen LogP contribution is 2.19. The lowest BCUT2D eigenvalue weighted by Crippen LogP contribution is -2.30. The number of halogens is 2. The van der Waals surface area contributed by atoms with Crippen molar-refractivity contribution in [3.63, 3.8) is 0 Å². The summed E-state index contributed by atoms with van der Waals surface area (Å²) in [7, 11) is 0. The lowest BCUT2D eigenvalue weighted by Gasteiger charge is -2.27. The van der Waals surface area contributed by atoms with Crippen LogP contribution >= 0.6 is 23.2 Å². The van der Waals surface area contributed by atoms with Crippen LogP contribution in [0.1, 0.15) is 52.4 Å². The number of ether oxygens (including phenoxy) is 1. The fraction of sp³-hybridized carbons (Fsp3) is 1.00. The predicted octanol–water partition coefficient (Wildman–Crippen LogP) is 3.32. The van der Waals surface area contributed by atoms with Crippen LogP contribution in [0.5, 0.6) is 0 Å². The molecule has 0 bridgehead atoms. The number of hydrogen-bond acceptors (Lipinski definition) is 3. The van der Waals surface area contributed by atoms with E-state index in [1.54, 1.807) is 0 Å². The van der Waals surface area contributed by atoms with Crippen molar-refractivity contribution in [3.8, 4) is 0 Å². The largest absolute Gasteiger partial charge is 0.392 e. The van der Waals surface area contributed by atoms with Crippen LogP contribution in [-0.4, -0.2) is 46.4 Å². The van der Waals surface area contributed by atoms with Gasteiger partial charge in [-0.2, -0.15) is 0 Å². The smallest absolute Gasteiger partial charge is 0.0700 e. The first kappa shape index (κ1) is 19.5. The molecule has 0 spiro atoms. The molecule has 0 aliphatic carbocycles. The van der Waals surface area contributed by atoms with Gasteiger partial charge in [0, 0.05) is 24.6 Å². The van der Waals surface area contributed by atoms with E-state index < -0.39 is 12.2 Å². The Kier molecular flexibility index (Phi) is 12.5. The molecular formula is C14H28Cl2O3. The second-order valence-corrected chi connectivity index (χ2v) is 5.66. The molecule has 4 atom stereocenters. The van der Waals surface area contributed by atoms with E-state index in [1.807, 2.05) is 0 Å². The maximum atomic E-state index is 9.64. The van der Waals surface area contributed by atoms with Crippen LogP contribution in [0.4, 0.5) is 0 Å². The zero-order valence-electron chi connectivity index (χ0n) is 12.0. The summed E-state index contributed by atoms with van der Waals surface area (Å²) < 4.78 is 6.04. The van der Waals surface area contributed by atoms with Crippen molar-refractivity contribution >= 4 is 23.2 Å². The highest BCUT2D eigenvalue weighted by Gasteiger charge is 2.20. The fourth-order valence-corrected chi connectivity index (χ4v) is 2.38. The summed E-state index contributed by atoms with van der Waals surface area (Å²) in [5, 5.41) is 19.3. The molecule has 0 aromatic rings. The SMILES string of the molecule is CCCC(CC(O)CCl)OC(CCC)CC(O)CCl. The van der Waals surface area contributed by atoms with Gasteiger partial charge in [-0.05, 0) is 12.8 Å². The summed E-state index contributed by atoms with van der Waals surface area (Å²) in [5.74, 6) is 0.457. The second kappa shape index (κ2) is 12.2. The van der Waals surface area contributed by atoms with Gasteiger partial charge in [-0.25, -0.2) is 0 Å². The van der Waals surface area contributed by atoms with Gasteiger partial charge in [0.2, 0.25) is 0 Å². The molecule has 0 aliphatic heterocycles. The van der Waals surface area contributed by atoms with Crippen LogP contribution in [0.2, 0.25) is 0 Å². The molecule has 116 valence electrons. The first-order chi connectivity index (χ1) is 9.07. The first-order valence-electron chi connectivity index (χ1n) is 7.20. The number of hydrogen-bond donors (Lipinski definition) is 2. The topological polar surface area (TPSA) is 49.7 Å². The summed E-state index contributed by atoms with van der Waals surface area (Å²) in [6.45, 7) is 4.18. The number of aliphatic hydroxyl groups excluding tert-OH is 2. The van der Waals surface area contributed by atoms with Crippen molar-refractivity contribution in [2.75, 3.05) is 11.8 Å². The lowest BCUT2D eigenvalue weighted by molar-refractivity contribution is -0.0564. The van der Waals surface area contributed by atoms with E-state index in [1.165, 1.54) is 0 Å². The Bertz CT molecular complexity index is 185. The number of aliphatic hydroxyl groups is 2. The molecule has 0 aliphatic rings. The molecule has 0 amide bonds. The van der Waals surface area contributed by atoms with Crippen LogP contribution in [0, 0.1) is 0 Å². The fourth-order valence-electron chi connectivity index (χ4n) is 2.13. The average Bonchev–Trinajstić information content (AvgIpc) is 2.38. The van der Waals surface area contributed by atoms with Crippen molar-refractivity contribution in [3.05, 3.63) is 0 Å². The van der Waals surface area contributed by atoms with Crippen molar-refractivity contribution in [2.45, 2.75) is 76.8 Å². The Labute approximate surface area is 127 Å². The Morgan fingerprint density at radius 3 is 1.47 bits per heavy atom. The highest BCUT2D eigenvalue weighted by molar-refractivity contribution is 6.18. The lowest BCUT2D eigenvalue weighted by atomic mass is 10.0. The van der Waals surface area contributed by atoms with Crippen molar-refractivity contribution in [1.29, 1.82) is 0 Å². The van der Waals surface area contributed by atoms with Crippen molar-refractivity contribution in [2.24, 2.45) is 0 Å². The second-order valence-electron chi connectivity index (χ2n) is 5.05. The molecule has 0 fully saturated rings. The molecule has 0 saturated carbocycles. The van der Waals surface area contributed by atoms with Gasteiger partial charge in [-0.15, -0.1) is 23.2 Å². The van der Waals surface area contributed by atoms with Crippen LogP contribution in [0.25, 0.3) is 0 Å². The molecule has 0 heterocycles. The van der Waals surface area contributed by atoms with Gasteiger partial charge < -0.3 is 14.9 Å². The molecule has 4 unspecified atom stereocenters. The Balaban J connectivity index is 4.36. The molecule has 0 rings (SSSR count). The molecule has 5 heteroatoms. The van der Waals surface area contributed by atoms with E-state index in [0.29, 0.717) is 12.8 Å². The molecular weight excluding hydrogens is 287 g/mol. The summed E-state index contributed by atoms with van der Waals surface area (Å²) in [5.41, 5.74) is 0. The van der Waals surface area contributed by atoms with Gasteiger partial charge in [0.05, 0.1) is 24.4 Å². The summed E-state index contributed by atoms with van der Waals surface area (Å²) >= 11 is 11.3. The van der Waals surface area contributed by atoms with Crippen molar-refractivity contribution < 1.29 is 14.9 Å². The third-order valence-electron chi connectivity index (χ3n) is 3.03. The summed E-state index contributed by atoms with van der Waals surface area (Å²) in [4.78, 5) is 0. The van der Waals surface area contributed by atoms with E-state index in [4.69, 9.17) is 27.9 Å². The molecule has 0 saturated heterocycles. The van der Waals surface area contributed by atoms with Crippen LogP contribution in [-0.2, 0) is 4.74 Å². The average molecular weight is 315 g/mol. The molecule has 3 nitrogen and oxygen atoms in total. The van der Waals surface area contributed by atoms with Crippen LogP contribution in [0.15, 0.2) is 0 Å². The van der Waals surface area contributed by atoms with E-state index in [0.717, 1.165) is 25.7 Å². The zero-order chi connectivity index (χ0) is 14.7. The monoisotopic (exact) mass is 314 g/mol. The van der Waals surface area contributed by atoms with Crippen LogP contribution < -0.4 is 0 Å². The van der Waals surface area contributed by atoms with Crippen molar-refractivity contribution in [1.82, 2.24) is 0 Å². The van der Waals surface area contributed by atoms with Gasteiger partial charge >= 0.3 is 0 Å². The normalized spacial score (nSPS) is 18.0. The first-order valence-corrected chi connectivity index (χ1v) is 8.27. The van der Waals surface area contributed by atoms with E-state index in [9.17, 15) is 10.2 Å². The van der Waals surface area contributed by atoms with E-state index in [2.05, 4.69) is 13.8 Å². The number of rotatable bonds is 12. The Morgan fingerprint density at radius 2 is 1.21 bits per heavy atom. The standard InChI is InChI=1S/C14H28Cl2O3/c1-3-5-13(7-11(17)9-15)19-14(6-4-2)8-12(18)10-16/h11-14,17-18H,3-10H2,1-2H3. The van der Waals surface area contributed by atoms with Gasteiger partial charge in [-0.1, -0.05) is 26.7 Å². The molecule has 0 aromatic heterocycles. The quantitative estimate of drug-likeness (QED) is 0.543. The van der Waals surface area contributed by atoms with Gasteiger partial charge in [0.1, 0.15) is 0 Å². The van der Waals surface area contributed by atoms with E-state index in [-0.39, 0.29) is 24.0 Å². The minimum Gasteiger partial charge on any atom is -0.392 e. The summed E-state index contributed by atoms with van der Waals surface area (Å²) in [6, 6.07) is 0. The third-order valence-corrected chi connectivity index (χ3v) is 3.74. The Morgan fingerprint density at radius 1 is 0.842 bits per heavy atom. The minimum absolute atomic E-state index is 0.00201. The molecule has 19 heavy (non-hydrogen) atoms. The number of alkyl halides is 2. The Hall–Kier alpha value is 0.460. The highest BCUT2D eigenvalue weighted by atomic mass is 35.5. The van der Waals surface area contributed by atoms with Gasteiger partial charge in [0.15, 0.2) is 0 Å². The maximum absolute atomic E-state index is 9.64. The van der Waals surface area contributed by atoms with Crippen LogP contribution in [0.3, 0.4) is 0 Å². The predicted molar refractivity (Wildman–Crippen MR) is 81.2 cm³/mol. The molecule has 0 aromatic carbocycles. The molecule has 2 N–H and O–H groups in total. The van der Waals surface area contributed by atoms with Gasteiger partial charge in [-0.3, -0.25) is 0 Å². The summed E-state index contributed by atoms with van der Waals surface area (Å²) in [6.07, 6.45) is 3.82. The van der Waals surface area contributed by atoms with Gasteiger partial charge in [0.25, 0.3) is 0 Å².